The molecule has 2 aromatic carbocycles. The van der Waals surface area contributed by atoms with Crippen molar-refractivity contribution in [3.05, 3.63) is 69.7 Å². The van der Waals surface area contributed by atoms with E-state index >= 15 is 0 Å². The molecule has 2 aromatic rings. The Kier molecular flexibility index (Phi) is 31.1. The molecule has 0 spiro atoms. The second-order valence-electron chi connectivity index (χ2n) is 5.92. The van der Waals surface area contributed by atoms with Crippen LogP contribution in [0.15, 0.2) is 53.0 Å². The molecule has 2 nitrogen and oxygen atoms in total. The molecule has 0 saturated carbocycles. The van der Waals surface area contributed by atoms with E-state index in [9.17, 15) is 5.11 Å². The van der Waals surface area contributed by atoms with Gasteiger partial charge in [-0.2, -0.15) is 0 Å². The number of hydrogen-bond acceptors (Lipinski definition) is 2. The first kappa shape index (κ1) is 35.7. The van der Waals surface area contributed by atoms with Crippen LogP contribution >= 0.6 is 90.4 Å². The standard InChI is InChI=1S/C12H17NO.C7H7Br.2C2H6.I3.I2/c1-10-2-4-11(5-3-10)12(14)6-8-13-9-7-12;1-6-2-4-7(8)5-3-6;2*1-2;1-3-2;1-2/h2-5,13-14H,6-9H2,1H3;2-5H,1H3;2*1-2H3;;/q;;;;-1;/i/hD. The molecule has 0 amide bonds. The largest absolute Gasteiger partial charge is 0.385 e. The first-order chi connectivity index (χ1) is 15.3. The molecule has 0 atom stereocenters. The fraction of sp³-hybridized carbons (Fsp3) is 0.478. The van der Waals surface area contributed by atoms with Gasteiger partial charge in [0.15, 0.2) is 0 Å². The maximum Gasteiger partial charge on any atom is 0.122 e. The average molecular weight is 1060 g/mol. The van der Waals surface area contributed by atoms with Crippen LogP contribution in [0, 0.1) is 13.8 Å². The second-order valence-corrected chi connectivity index (χ2v) is 23.1. The van der Waals surface area contributed by atoms with Crippen LogP contribution in [0.5, 0.6) is 0 Å². The minimum absolute atomic E-state index is 0.530. The predicted octanol–water partition coefficient (Wildman–Crippen LogP) is 6.92. The maximum atomic E-state index is 10.4. The number of aliphatic hydroxyl groups is 1. The minimum Gasteiger partial charge on any atom is -0.385 e. The van der Waals surface area contributed by atoms with E-state index in [2.05, 4.69) is 109 Å². The van der Waals surface area contributed by atoms with Gasteiger partial charge in [-0.1, -0.05) is 91.1 Å². The summed E-state index contributed by atoms with van der Waals surface area (Å²) in [6, 6.07) is 16.3. The quantitative estimate of drug-likeness (QED) is 0.305. The van der Waals surface area contributed by atoms with E-state index in [-0.39, 0.29) is 0 Å². The van der Waals surface area contributed by atoms with E-state index in [0.29, 0.717) is 39.2 Å². The third-order valence-electron chi connectivity index (χ3n) is 3.97. The van der Waals surface area contributed by atoms with Gasteiger partial charge in [-0.25, -0.2) is 0 Å². The van der Waals surface area contributed by atoms with Gasteiger partial charge in [-0.3, -0.25) is 0 Å². The van der Waals surface area contributed by atoms with Crippen LogP contribution < -0.4 is 18.6 Å². The number of hydrogen-bond donors (Lipinski definition) is 2. The van der Waals surface area contributed by atoms with Gasteiger partial charge in [0.2, 0.25) is 0 Å². The number of benzene rings is 2. The molecule has 1 aliphatic rings. The fourth-order valence-corrected chi connectivity index (χ4v) is 2.71. The molecule has 3 rings (SSSR count). The summed E-state index contributed by atoms with van der Waals surface area (Å²) in [5, 5.41) is 12.0. The smallest absolute Gasteiger partial charge is 0.122 e. The van der Waals surface area contributed by atoms with Crippen LogP contribution in [0.1, 0.15) is 57.2 Å². The van der Waals surface area contributed by atoms with Crippen LogP contribution in [0.25, 0.3) is 0 Å². The summed E-state index contributed by atoms with van der Waals surface area (Å²) in [4.78, 5) is 0. The van der Waals surface area contributed by atoms with Crippen molar-refractivity contribution in [3.8, 4) is 0 Å². The van der Waals surface area contributed by atoms with Gasteiger partial charge in [-0.15, -0.1) is 0 Å². The number of aryl methyl sites for hydroxylation is 2. The van der Waals surface area contributed by atoms with E-state index in [0.717, 1.165) is 10.0 Å². The molecule has 0 aliphatic carbocycles. The molecule has 2 N–H and O–H groups in total. The second kappa shape index (κ2) is 27.1. The Balaban J connectivity index is -0.000000419. The molecule has 31 heavy (non-hydrogen) atoms. The van der Waals surface area contributed by atoms with Crippen molar-refractivity contribution < 1.29 is 19.8 Å². The van der Waals surface area contributed by atoms with Crippen LogP contribution in [-0.4, -0.2) is 18.2 Å². The van der Waals surface area contributed by atoms with Gasteiger partial charge in [0.05, 0.1) is 5.60 Å². The Hall–Kier alpha value is 2.49. The summed E-state index contributed by atoms with van der Waals surface area (Å²) >= 11 is 12.9. The van der Waals surface area contributed by atoms with Crippen molar-refractivity contribution in [3.63, 3.8) is 0 Å². The minimum atomic E-state index is -0.717. The third-order valence-corrected chi connectivity index (χ3v) is 4.50. The van der Waals surface area contributed by atoms with Crippen molar-refractivity contribution in [2.24, 2.45) is 0 Å². The Morgan fingerprint density at radius 3 is 1.52 bits per heavy atom. The number of nitrogens with one attached hydrogen (secondary N) is 1. The van der Waals surface area contributed by atoms with E-state index in [1.54, 1.807) is 0 Å². The van der Waals surface area contributed by atoms with E-state index in [4.69, 9.17) is 1.41 Å². The molecule has 0 bridgehead atoms. The van der Waals surface area contributed by atoms with Gasteiger partial charge >= 0.3 is 50.5 Å². The van der Waals surface area contributed by atoms with Crippen molar-refractivity contribution >= 4 is 90.4 Å². The molecule has 1 heterocycles. The van der Waals surface area contributed by atoms with Crippen molar-refractivity contribution in [1.29, 1.82) is 0 Å². The number of rotatable bonds is 1. The van der Waals surface area contributed by atoms with Crippen LogP contribution in [0.2, 0.25) is 1.41 Å². The maximum absolute atomic E-state index is 10.4. The van der Waals surface area contributed by atoms with Crippen LogP contribution in [0.4, 0.5) is 0 Å². The fourth-order valence-electron chi connectivity index (χ4n) is 2.45. The molecule has 1 fully saturated rings. The molecule has 1 aliphatic heterocycles. The van der Waals surface area contributed by atoms with E-state index in [1.165, 1.54) is 16.4 Å². The molecule has 182 valence electrons. The first-order valence-electron chi connectivity index (χ1n) is 10.5. The zero-order chi connectivity index (χ0) is 25.6. The predicted molar refractivity (Wildman–Crippen MR) is 175 cm³/mol. The zero-order valence-corrected chi connectivity index (χ0v) is 31.5. The molecule has 8 heteroatoms. The Bertz CT molecular complexity index is 619. The Labute approximate surface area is 254 Å². The summed E-state index contributed by atoms with van der Waals surface area (Å²) in [5.74, 6) is 0. The normalized spacial score (nSPS) is 14.1. The molecule has 0 aromatic heterocycles. The Morgan fingerprint density at radius 1 is 0.871 bits per heavy atom. The molecule has 1 saturated heterocycles. The third kappa shape index (κ3) is 20.4. The summed E-state index contributed by atoms with van der Waals surface area (Å²) in [5.41, 5.74) is 2.78. The van der Waals surface area contributed by atoms with Crippen molar-refractivity contribution in [2.45, 2.75) is 60.0 Å². The molecular formula is C23H36BrI5NO-. The molecule has 0 unspecified atom stereocenters. The Morgan fingerprint density at radius 2 is 1.19 bits per heavy atom. The monoisotopic (exact) mass is 1060 g/mol. The topological polar surface area (TPSA) is 32.3 Å². The number of halogens is 6. The summed E-state index contributed by atoms with van der Waals surface area (Å²) < 4.78 is 8.61. The SMILES string of the molecule is CC.CC.Cc1ccc(Br)cc1.II.I[I-]I.[2H]N1CCC(O)(c2ccc(C)cc2)CC1. The first-order valence-corrected chi connectivity index (χ1v) is 29.7. The van der Waals surface area contributed by atoms with Gasteiger partial charge < -0.3 is 10.4 Å². The zero-order valence-electron chi connectivity index (χ0n) is 20.1. The van der Waals surface area contributed by atoms with Gasteiger partial charge in [0.25, 0.3) is 0 Å². The van der Waals surface area contributed by atoms with E-state index < -0.39 is 5.60 Å². The van der Waals surface area contributed by atoms with E-state index in [1.807, 2.05) is 71.0 Å². The van der Waals surface area contributed by atoms with Crippen molar-refractivity contribution in [1.82, 2.24) is 5.31 Å². The number of piperidine rings is 1. The molecular weight excluding hydrogens is 1020 g/mol. The van der Waals surface area contributed by atoms with Gasteiger partial charge in [-0.05, 0) is 57.5 Å². The summed E-state index contributed by atoms with van der Waals surface area (Å²) in [7, 11) is 0. The van der Waals surface area contributed by atoms with Gasteiger partial charge in [0.1, 0.15) is 1.41 Å². The molecule has 0 radical (unpaired) electrons. The van der Waals surface area contributed by atoms with Crippen molar-refractivity contribution in [2.75, 3.05) is 13.1 Å². The van der Waals surface area contributed by atoms with Crippen LogP contribution in [0.3, 0.4) is 0 Å². The summed E-state index contributed by atoms with van der Waals surface area (Å²) in [6.07, 6.45) is 1.30. The average Bonchev–Trinajstić information content (AvgIpc) is 2.83. The van der Waals surface area contributed by atoms with Gasteiger partial charge in [0, 0.05) is 41.7 Å². The summed E-state index contributed by atoms with van der Waals surface area (Å²) in [6.45, 7) is 13.4. The van der Waals surface area contributed by atoms with Crippen LogP contribution in [-0.2, 0) is 5.60 Å².